The number of carbonyl (C=O) groups is 1. The summed E-state index contributed by atoms with van der Waals surface area (Å²) in [6, 6.07) is 13.5. The van der Waals surface area contributed by atoms with Gasteiger partial charge in [0.2, 0.25) is 0 Å². The van der Waals surface area contributed by atoms with E-state index >= 15 is 0 Å². The van der Waals surface area contributed by atoms with Crippen LogP contribution in [0.1, 0.15) is 22.6 Å². The molecule has 0 bridgehead atoms. The first kappa shape index (κ1) is 17.0. The van der Waals surface area contributed by atoms with Gasteiger partial charge in [-0.2, -0.15) is 0 Å². The molecule has 3 rings (SSSR count). The fourth-order valence-corrected chi connectivity index (χ4v) is 2.81. The number of furan rings is 2. The zero-order chi connectivity index (χ0) is 17.6. The van der Waals surface area contributed by atoms with Gasteiger partial charge in [0.15, 0.2) is 18.1 Å². The van der Waals surface area contributed by atoms with Crippen molar-refractivity contribution in [2.45, 2.75) is 26.9 Å². The Balaban J connectivity index is 1.68. The lowest BCUT2D eigenvalue weighted by Gasteiger charge is -2.18. The average Bonchev–Trinajstić information content (AvgIpc) is 3.26. The van der Waals surface area contributed by atoms with Gasteiger partial charge in [-0.1, -0.05) is 12.1 Å². The van der Waals surface area contributed by atoms with E-state index in [-0.39, 0.29) is 5.91 Å². The van der Waals surface area contributed by atoms with E-state index in [1.807, 2.05) is 56.3 Å². The summed E-state index contributed by atoms with van der Waals surface area (Å²) >= 11 is 0. The monoisotopic (exact) mass is 339 g/mol. The fourth-order valence-electron chi connectivity index (χ4n) is 2.81. The highest BCUT2D eigenvalue weighted by atomic mass is 16.3. The van der Waals surface area contributed by atoms with Gasteiger partial charge < -0.3 is 19.1 Å². The van der Waals surface area contributed by atoms with E-state index in [0.29, 0.717) is 19.6 Å². The van der Waals surface area contributed by atoms with Gasteiger partial charge >= 0.3 is 0 Å². The van der Waals surface area contributed by atoms with Gasteiger partial charge in [-0.25, -0.2) is 0 Å². The fraction of sp³-hybridized carbons (Fsp3) is 0.250. The maximum Gasteiger partial charge on any atom is 0.279 e. The predicted octanol–water partition coefficient (Wildman–Crippen LogP) is 2.71. The first-order valence-corrected chi connectivity index (χ1v) is 8.36. The molecule has 0 saturated heterocycles. The third kappa shape index (κ3) is 4.61. The Kier molecular flexibility index (Phi) is 5.36. The number of rotatable bonds is 7. The highest BCUT2D eigenvalue weighted by molar-refractivity contribution is 5.92. The number of carbonyl (C=O) groups excluding carboxylic acids is 1. The molecule has 0 aliphatic carbocycles. The quantitative estimate of drug-likeness (QED) is 0.696. The summed E-state index contributed by atoms with van der Waals surface area (Å²) in [4.78, 5) is 13.6. The maximum absolute atomic E-state index is 12.6. The van der Waals surface area contributed by atoms with Crippen LogP contribution in [0.4, 0.5) is 5.69 Å². The van der Waals surface area contributed by atoms with Crippen LogP contribution < -0.4 is 10.2 Å². The van der Waals surface area contributed by atoms with Crippen molar-refractivity contribution in [3.05, 3.63) is 77.6 Å². The van der Waals surface area contributed by atoms with Crippen molar-refractivity contribution in [1.29, 1.82) is 0 Å². The Morgan fingerprint density at radius 3 is 2.16 bits per heavy atom. The minimum absolute atomic E-state index is 0.0261. The van der Waals surface area contributed by atoms with E-state index in [0.717, 1.165) is 33.2 Å². The molecule has 5 heteroatoms. The molecule has 2 aromatic heterocycles. The third-order valence-corrected chi connectivity index (χ3v) is 4.30. The van der Waals surface area contributed by atoms with Crippen molar-refractivity contribution in [2.24, 2.45) is 0 Å². The van der Waals surface area contributed by atoms with Gasteiger partial charge in [-0.05, 0) is 55.3 Å². The minimum Gasteiger partial charge on any atom is -0.463 e. The largest absolute Gasteiger partial charge is 0.463 e. The normalized spacial score (nSPS) is 11.0. The molecule has 0 unspecified atom stereocenters. The molecule has 2 N–H and O–H groups in total. The molecule has 0 saturated carbocycles. The highest BCUT2D eigenvalue weighted by Gasteiger charge is 2.19. The summed E-state index contributed by atoms with van der Waals surface area (Å²) in [6.07, 6.45) is 3.30. The van der Waals surface area contributed by atoms with Crippen molar-refractivity contribution in [3.8, 4) is 0 Å². The van der Waals surface area contributed by atoms with Crippen LogP contribution in [0.2, 0.25) is 0 Å². The van der Waals surface area contributed by atoms with E-state index in [9.17, 15) is 4.79 Å². The van der Waals surface area contributed by atoms with Gasteiger partial charge in [0.1, 0.15) is 13.1 Å². The van der Waals surface area contributed by atoms with Crippen LogP contribution in [0.15, 0.2) is 63.8 Å². The smallest absolute Gasteiger partial charge is 0.279 e. The van der Waals surface area contributed by atoms with E-state index in [1.165, 1.54) is 0 Å². The standard InChI is InChI=1S/C20H22N2O3/c1-15-6-3-9-19(16(15)2)21-20(23)14-22(12-17-7-4-10-24-17)13-18-8-5-11-25-18/h3-11H,12-14H2,1-2H3,(H,21,23)/p+1. The Bertz CT molecular complexity index is 771. The number of benzene rings is 1. The SMILES string of the molecule is Cc1cccc(NC(=O)C[NH+](Cc2ccco2)Cc2ccco2)c1C. The number of nitrogens with one attached hydrogen (secondary N) is 2. The molecule has 130 valence electrons. The molecule has 5 nitrogen and oxygen atoms in total. The molecule has 1 amide bonds. The summed E-state index contributed by atoms with van der Waals surface area (Å²) in [5.41, 5.74) is 3.11. The molecule has 0 spiro atoms. The van der Waals surface area contributed by atoms with E-state index in [1.54, 1.807) is 12.5 Å². The van der Waals surface area contributed by atoms with Gasteiger partial charge in [0.05, 0.1) is 12.5 Å². The van der Waals surface area contributed by atoms with Crippen molar-refractivity contribution in [3.63, 3.8) is 0 Å². The molecule has 0 radical (unpaired) electrons. The van der Waals surface area contributed by atoms with E-state index < -0.39 is 0 Å². The van der Waals surface area contributed by atoms with Crippen LogP contribution in [0.25, 0.3) is 0 Å². The Morgan fingerprint density at radius 1 is 0.960 bits per heavy atom. The highest BCUT2D eigenvalue weighted by Crippen LogP contribution is 2.17. The summed E-state index contributed by atoms with van der Waals surface area (Å²) in [5.74, 6) is 1.67. The topological polar surface area (TPSA) is 59.8 Å². The van der Waals surface area contributed by atoms with Crippen LogP contribution in [0.5, 0.6) is 0 Å². The second kappa shape index (κ2) is 7.85. The zero-order valence-electron chi connectivity index (χ0n) is 14.5. The molecule has 0 atom stereocenters. The van der Waals surface area contributed by atoms with Crippen molar-refractivity contribution >= 4 is 11.6 Å². The Hall–Kier alpha value is -2.79. The molecule has 3 aromatic rings. The minimum atomic E-state index is -0.0261. The molecule has 0 fully saturated rings. The molecule has 2 heterocycles. The van der Waals surface area contributed by atoms with Gasteiger partial charge in [0, 0.05) is 5.69 Å². The van der Waals surface area contributed by atoms with Crippen LogP contribution in [0.3, 0.4) is 0 Å². The number of aryl methyl sites for hydroxylation is 1. The van der Waals surface area contributed by atoms with Crippen LogP contribution >= 0.6 is 0 Å². The number of hydrogen-bond donors (Lipinski definition) is 2. The second-order valence-corrected chi connectivity index (χ2v) is 6.23. The van der Waals surface area contributed by atoms with Gasteiger partial charge in [0.25, 0.3) is 5.91 Å². The lowest BCUT2D eigenvalue weighted by Crippen LogP contribution is -3.10. The zero-order valence-corrected chi connectivity index (χ0v) is 14.5. The first-order chi connectivity index (χ1) is 12.1. The van der Waals surface area contributed by atoms with Crippen LogP contribution in [-0.2, 0) is 17.9 Å². The molecule has 0 aliphatic rings. The number of amides is 1. The maximum atomic E-state index is 12.6. The number of quaternary nitrogens is 1. The lowest BCUT2D eigenvalue weighted by atomic mass is 10.1. The van der Waals surface area contributed by atoms with Gasteiger partial charge in [-0.3, -0.25) is 4.79 Å². The van der Waals surface area contributed by atoms with Crippen LogP contribution in [-0.4, -0.2) is 12.5 Å². The van der Waals surface area contributed by atoms with Gasteiger partial charge in [-0.15, -0.1) is 0 Å². The molecule has 0 aliphatic heterocycles. The summed E-state index contributed by atoms with van der Waals surface area (Å²) < 4.78 is 10.9. The number of hydrogen-bond acceptors (Lipinski definition) is 3. The lowest BCUT2D eigenvalue weighted by molar-refractivity contribution is -0.921. The number of anilines is 1. The van der Waals surface area contributed by atoms with E-state index in [4.69, 9.17) is 8.83 Å². The van der Waals surface area contributed by atoms with E-state index in [2.05, 4.69) is 5.32 Å². The van der Waals surface area contributed by atoms with Crippen molar-refractivity contribution in [1.82, 2.24) is 0 Å². The Labute approximate surface area is 147 Å². The molecule has 1 aromatic carbocycles. The third-order valence-electron chi connectivity index (χ3n) is 4.30. The predicted molar refractivity (Wildman–Crippen MR) is 95.2 cm³/mol. The Morgan fingerprint density at radius 2 is 1.60 bits per heavy atom. The van der Waals surface area contributed by atoms with Crippen molar-refractivity contribution < 1.29 is 18.5 Å². The average molecular weight is 339 g/mol. The first-order valence-electron chi connectivity index (χ1n) is 8.36. The second-order valence-electron chi connectivity index (χ2n) is 6.23. The summed E-state index contributed by atoms with van der Waals surface area (Å²) in [5, 5.41) is 3.02. The molecular weight excluding hydrogens is 316 g/mol. The molecular formula is C20H23N2O3+. The van der Waals surface area contributed by atoms with Crippen molar-refractivity contribution in [2.75, 3.05) is 11.9 Å². The summed E-state index contributed by atoms with van der Waals surface area (Å²) in [6.45, 7) is 5.62. The summed E-state index contributed by atoms with van der Waals surface area (Å²) in [7, 11) is 0. The van der Waals surface area contributed by atoms with Crippen LogP contribution in [0, 0.1) is 13.8 Å². The molecule has 25 heavy (non-hydrogen) atoms.